The highest BCUT2D eigenvalue weighted by molar-refractivity contribution is 7.11. The molecule has 72 valence electrons. The summed E-state index contributed by atoms with van der Waals surface area (Å²) in [5, 5.41) is 1.19. The summed E-state index contributed by atoms with van der Waals surface area (Å²) >= 11 is 1.80. The highest BCUT2D eigenvalue weighted by Crippen LogP contribution is 2.16. The highest BCUT2D eigenvalue weighted by atomic mass is 32.1. The van der Waals surface area contributed by atoms with E-state index in [2.05, 4.69) is 16.9 Å². The lowest BCUT2D eigenvalue weighted by atomic mass is 10.2. The second-order valence-corrected chi connectivity index (χ2v) is 4.31. The number of rotatable bonds is 3. The number of aryl methyl sites for hydroxylation is 1. The summed E-state index contributed by atoms with van der Waals surface area (Å²) in [7, 11) is 0. The Kier molecular flexibility index (Phi) is 2.89. The molecule has 0 aromatic carbocycles. The fourth-order valence-corrected chi connectivity index (χ4v) is 2.17. The van der Waals surface area contributed by atoms with Crippen LogP contribution in [0.5, 0.6) is 0 Å². The van der Waals surface area contributed by atoms with Crippen LogP contribution >= 0.6 is 11.3 Å². The van der Waals surface area contributed by atoms with Crippen molar-refractivity contribution in [3.63, 3.8) is 0 Å². The van der Waals surface area contributed by atoms with Crippen molar-refractivity contribution in [2.24, 2.45) is 0 Å². The third-order valence-corrected chi connectivity index (χ3v) is 3.20. The maximum atomic E-state index is 4.38. The second kappa shape index (κ2) is 4.33. The first-order valence-corrected chi connectivity index (χ1v) is 5.52. The van der Waals surface area contributed by atoms with E-state index < -0.39 is 0 Å². The van der Waals surface area contributed by atoms with Gasteiger partial charge in [0, 0.05) is 29.9 Å². The maximum absolute atomic E-state index is 4.38. The molecule has 0 fully saturated rings. The normalized spacial score (nSPS) is 10.4. The van der Waals surface area contributed by atoms with E-state index in [1.165, 1.54) is 15.4 Å². The molecule has 0 aliphatic rings. The predicted octanol–water partition coefficient (Wildman–Crippen LogP) is 2.69. The van der Waals surface area contributed by atoms with Gasteiger partial charge in [-0.1, -0.05) is 6.92 Å². The van der Waals surface area contributed by atoms with Crippen LogP contribution < -0.4 is 0 Å². The average molecular weight is 204 g/mol. The van der Waals surface area contributed by atoms with Gasteiger partial charge in [-0.15, -0.1) is 11.3 Å². The molecule has 2 heterocycles. The van der Waals surface area contributed by atoms with E-state index in [-0.39, 0.29) is 0 Å². The Hall–Kier alpha value is -1.22. The average Bonchev–Trinajstić information content (AvgIpc) is 2.67. The molecular weight excluding hydrogens is 192 g/mol. The van der Waals surface area contributed by atoms with E-state index in [1.807, 2.05) is 30.7 Å². The van der Waals surface area contributed by atoms with Gasteiger partial charge in [0.2, 0.25) is 0 Å². The summed E-state index contributed by atoms with van der Waals surface area (Å²) in [5.74, 6) is 0. The predicted molar refractivity (Wildman–Crippen MR) is 58.5 cm³/mol. The van der Waals surface area contributed by atoms with Crippen LogP contribution in [0.3, 0.4) is 0 Å². The standard InChI is InChI=1S/C11H12N2S/c1-2-10-8-13-11(14-10)7-9-3-5-12-6-4-9/h3-6,8H,2,7H2,1H3. The Bertz CT molecular complexity index is 395. The Labute approximate surface area is 87.7 Å². The van der Waals surface area contributed by atoms with Crippen LogP contribution in [0.4, 0.5) is 0 Å². The van der Waals surface area contributed by atoms with Crippen molar-refractivity contribution < 1.29 is 0 Å². The molecule has 0 unspecified atom stereocenters. The van der Waals surface area contributed by atoms with Crippen LogP contribution in [0.2, 0.25) is 0 Å². The van der Waals surface area contributed by atoms with Gasteiger partial charge in [-0.3, -0.25) is 4.98 Å². The van der Waals surface area contributed by atoms with Gasteiger partial charge in [-0.25, -0.2) is 4.98 Å². The number of thiazole rings is 1. The minimum Gasteiger partial charge on any atom is -0.265 e. The van der Waals surface area contributed by atoms with Gasteiger partial charge >= 0.3 is 0 Å². The van der Waals surface area contributed by atoms with Crippen LogP contribution in [0, 0.1) is 0 Å². The van der Waals surface area contributed by atoms with Crippen LogP contribution in [-0.4, -0.2) is 9.97 Å². The Morgan fingerprint density at radius 1 is 1.29 bits per heavy atom. The topological polar surface area (TPSA) is 25.8 Å². The first-order valence-electron chi connectivity index (χ1n) is 4.71. The molecule has 0 atom stereocenters. The number of pyridine rings is 1. The molecule has 0 radical (unpaired) electrons. The molecule has 0 saturated heterocycles. The van der Waals surface area contributed by atoms with Crippen molar-refractivity contribution in [3.05, 3.63) is 46.2 Å². The zero-order chi connectivity index (χ0) is 9.80. The summed E-state index contributed by atoms with van der Waals surface area (Å²) in [6.07, 6.45) is 7.62. The minimum atomic E-state index is 0.924. The van der Waals surface area contributed by atoms with E-state index >= 15 is 0 Å². The molecule has 0 N–H and O–H groups in total. The largest absolute Gasteiger partial charge is 0.265 e. The third-order valence-electron chi connectivity index (χ3n) is 2.05. The second-order valence-electron chi connectivity index (χ2n) is 3.11. The Morgan fingerprint density at radius 2 is 2.07 bits per heavy atom. The number of nitrogens with zero attached hydrogens (tertiary/aromatic N) is 2. The first-order chi connectivity index (χ1) is 6.88. The fraction of sp³-hybridized carbons (Fsp3) is 0.273. The molecule has 2 aromatic rings. The quantitative estimate of drug-likeness (QED) is 0.768. The molecule has 2 nitrogen and oxygen atoms in total. The Morgan fingerprint density at radius 3 is 2.71 bits per heavy atom. The summed E-state index contributed by atoms with van der Waals surface area (Å²) < 4.78 is 0. The molecule has 0 amide bonds. The van der Waals surface area contributed by atoms with Crippen molar-refractivity contribution in [2.45, 2.75) is 19.8 Å². The van der Waals surface area contributed by atoms with Crippen molar-refractivity contribution in [1.82, 2.24) is 9.97 Å². The van der Waals surface area contributed by atoms with Gasteiger partial charge in [0.05, 0.1) is 5.01 Å². The zero-order valence-corrected chi connectivity index (χ0v) is 8.92. The third kappa shape index (κ3) is 2.17. The van der Waals surface area contributed by atoms with E-state index in [0.717, 1.165) is 12.8 Å². The number of hydrogen-bond acceptors (Lipinski definition) is 3. The SMILES string of the molecule is CCc1cnc(Cc2ccncc2)s1. The fourth-order valence-electron chi connectivity index (χ4n) is 1.27. The van der Waals surface area contributed by atoms with Crippen molar-refractivity contribution in [2.75, 3.05) is 0 Å². The molecule has 0 spiro atoms. The molecule has 0 bridgehead atoms. The number of hydrogen-bond donors (Lipinski definition) is 0. The van der Waals surface area contributed by atoms with Gasteiger partial charge < -0.3 is 0 Å². The first kappa shape index (κ1) is 9.34. The van der Waals surface area contributed by atoms with Gasteiger partial charge in [0.1, 0.15) is 0 Å². The van der Waals surface area contributed by atoms with E-state index in [1.54, 1.807) is 11.3 Å². The van der Waals surface area contributed by atoms with Crippen molar-refractivity contribution in [3.8, 4) is 0 Å². The highest BCUT2D eigenvalue weighted by Gasteiger charge is 2.01. The molecular formula is C11H12N2S. The maximum Gasteiger partial charge on any atom is 0.0971 e. The van der Waals surface area contributed by atoms with Gasteiger partial charge in [-0.2, -0.15) is 0 Å². The van der Waals surface area contributed by atoms with Crippen LogP contribution in [0.1, 0.15) is 22.4 Å². The van der Waals surface area contributed by atoms with Crippen LogP contribution in [0.15, 0.2) is 30.7 Å². The molecule has 14 heavy (non-hydrogen) atoms. The van der Waals surface area contributed by atoms with Gasteiger partial charge in [0.15, 0.2) is 0 Å². The smallest absolute Gasteiger partial charge is 0.0971 e. The van der Waals surface area contributed by atoms with E-state index in [9.17, 15) is 0 Å². The van der Waals surface area contributed by atoms with Gasteiger partial charge in [0.25, 0.3) is 0 Å². The zero-order valence-electron chi connectivity index (χ0n) is 8.10. The molecule has 0 aliphatic heterocycles. The lowest BCUT2D eigenvalue weighted by molar-refractivity contribution is 1.11. The molecule has 0 saturated carbocycles. The van der Waals surface area contributed by atoms with Crippen LogP contribution in [0.25, 0.3) is 0 Å². The summed E-state index contributed by atoms with van der Waals surface area (Å²) in [4.78, 5) is 9.73. The van der Waals surface area contributed by atoms with E-state index in [4.69, 9.17) is 0 Å². The molecule has 2 aromatic heterocycles. The minimum absolute atomic E-state index is 0.924. The van der Waals surface area contributed by atoms with Crippen LogP contribution in [-0.2, 0) is 12.8 Å². The monoisotopic (exact) mass is 204 g/mol. The lowest BCUT2D eigenvalue weighted by Gasteiger charge is -1.95. The lowest BCUT2D eigenvalue weighted by Crippen LogP contribution is -1.85. The van der Waals surface area contributed by atoms with Crippen molar-refractivity contribution >= 4 is 11.3 Å². The van der Waals surface area contributed by atoms with Gasteiger partial charge in [-0.05, 0) is 24.1 Å². The summed E-state index contributed by atoms with van der Waals surface area (Å²) in [6.45, 7) is 2.16. The van der Waals surface area contributed by atoms with Crippen molar-refractivity contribution in [1.29, 1.82) is 0 Å². The summed E-state index contributed by atoms with van der Waals surface area (Å²) in [5.41, 5.74) is 1.28. The molecule has 0 aliphatic carbocycles. The Balaban J connectivity index is 2.11. The number of aromatic nitrogens is 2. The molecule has 2 rings (SSSR count). The molecule has 3 heteroatoms. The summed E-state index contributed by atoms with van der Waals surface area (Å²) in [6, 6.07) is 4.07. The van der Waals surface area contributed by atoms with E-state index in [0.29, 0.717) is 0 Å².